The van der Waals surface area contributed by atoms with Crippen LogP contribution in [0.4, 0.5) is 22.7 Å². The first kappa shape index (κ1) is 38.9. The number of hydrogen-bond acceptors (Lipinski definition) is 5. The summed E-state index contributed by atoms with van der Waals surface area (Å²) in [5, 5.41) is 1.84. The number of pyridine rings is 1. The van der Waals surface area contributed by atoms with Crippen molar-refractivity contribution in [3.63, 3.8) is 0 Å². The molecule has 0 spiro atoms. The maximum absolute atomic E-state index is 9.35. The summed E-state index contributed by atoms with van der Waals surface area (Å²) in [4.78, 5) is 8.88. The highest BCUT2D eigenvalue weighted by atomic mass is 16.5. The van der Waals surface area contributed by atoms with Gasteiger partial charge in [-0.25, -0.2) is 4.98 Å². The normalized spacial score (nSPS) is 15.2. The topological polar surface area (TPSA) is 42.8 Å². The second-order valence-corrected chi connectivity index (χ2v) is 24.2. The van der Waals surface area contributed by atoms with E-state index in [-0.39, 0.29) is 68.8 Å². The van der Waals surface area contributed by atoms with Crippen molar-refractivity contribution in [2.45, 2.75) is 78.6 Å². The Morgan fingerprint density at radius 2 is 0.917 bits per heavy atom. The predicted octanol–water partition coefficient (Wildman–Crippen LogP) is 21.6. The minimum atomic E-state index is -0.656. The van der Waals surface area contributed by atoms with Crippen LogP contribution in [0.1, 0.15) is 99.6 Å². The highest BCUT2D eigenvalue weighted by Crippen LogP contribution is 2.52. The molecule has 13 rings (SSSR count). The van der Waals surface area contributed by atoms with Crippen molar-refractivity contribution in [3.05, 3.63) is 265 Å². The average Bonchev–Trinajstić information content (AvgIpc) is 1.71. The maximum atomic E-state index is 9.35. The Kier molecular flexibility index (Phi) is 9.86. The molecule has 0 N–H and O–H groups in total. The first-order chi connectivity index (χ1) is 46.7. The van der Waals surface area contributed by atoms with Gasteiger partial charge in [-0.1, -0.05) is 226 Å². The first-order valence-electron chi connectivity index (χ1n) is 35.5. The summed E-state index contributed by atoms with van der Waals surface area (Å²) in [5.41, 5.74) is 7.43. The van der Waals surface area contributed by atoms with E-state index in [9.17, 15) is 8.22 Å². The second-order valence-electron chi connectivity index (χ2n) is 24.2. The number of benzene rings is 10. The minimum absolute atomic E-state index is 0.00204. The van der Waals surface area contributed by atoms with E-state index in [0.29, 0.717) is 56.8 Å². The number of anilines is 4. The number of para-hydroxylation sites is 4. The van der Waals surface area contributed by atoms with Gasteiger partial charge in [0.25, 0.3) is 0 Å². The summed E-state index contributed by atoms with van der Waals surface area (Å²) >= 11 is 0. The lowest BCUT2D eigenvalue weighted by molar-refractivity contribution is 0.483. The van der Waals surface area contributed by atoms with Gasteiger partial charge in [0.05, 0.1) is 48.7 Å². The zero-order valence-corrected chi connectivity index (χ0v) is 48.3. The summed E-state index contributed by atoms with van der Waals surface area (Å²) in [5.74, 6) is 2.08. The zero-order chi connectivity index (χ0) is 71.0. The van der Waals surface area contributed by atoms with Crippen LogP contribution < -0.4 is 19.3 Å². The van der Waals surface area contributed by atoms with Crippen LogP contribution in [0.5, 0.6) is 23.0 Å². The van der Waals surface area contributed by atoms with Crippen molar-refractivity contribution in [2.75, 3.05) is 16.5 Å². The van der Waals surface area contributed by atoms with Crippen molar-refractivity contribution in [2.24, 2.45) is 0 Å². The Bertz CT molecular complexity index is 5150. The molecule has 0 bridgehead atoms. The van der Waals surface area contributed by atoms with Crippen LogP contribution in [0.3, 0.4) is 0 Å². The Hall–Kier alpha value is -9.65. The molecule has 0 unspecified atom stereocenters. The van der Waals surface area contributed by atoms with Crippen molar-refractivity contribution >= 4 is 44.6 Å². The second kappa shape index (κ2) is 21.3. The lowest BCUT2D eigenvalue weighted by Crippen LogP contribution is -2.25. The number of rotatable bonds is 11. The largest absolute Gasteiger partial charge is 0.457 e. The Labute approximate surface area is 516 Å². The highest BCUT2D eigenvalue weighted by Gasteiger charge is 2.33. The van der Waals surface area contributed by atoms with E-state index in [1.54, 1.807) is 30.5 Å². The standard InChI is InChI=1S/C78H70N4O2/c1-76(2,3)56-43-55(44-57(45-56)77(4,5)6)64-35-24-34-63(52-25-13-10-14-26-52)75(64)84-62-41-42-79-73(50-62)82-69-36-20-19-33-65(69)66-40-39-61(49-72(66)82)83-60-32-23-31-59(48-60)80-51-81(71-38-22-21-37-70(71)80)74-67(53-27-15-11-16-28-53)46-58(78(7,8)9)47-68(74)54-29-17-12-18-30-54/h10-50H,51H2,1-9H3/i10D,11D,12D,13D,14D,15D,16D,17D,18D,25D,26D,27D,28D,29D,30D. The molecule has 6 nitrogen and oxygen atoms in total. The van der Waals surface area contributed by atoms with E-state index in [4.69, 9.17) is 26.8 Å². The summed E-state index contributed by atoms with van der Waals surface area (Å²) in [6.45, 7) is 18.8. The van der Waals surface area contributed by atoms with Crippen LogP contribution in [-0.4, -0.2) is 16.2 Å². The van der Waals surface area contributed by atoms with Crippen molar-refractivity contribution < 1.29 is 30.0 Å². The number of aromatic nitrogens is 2. The van der Waals surface area contributed by atoms with Gasteiger partial charge < -0.3 is 19.3 Å². The van der Waals surface area contributed by atoms with Gasteiger partial charge in [-0.3, -0.25) is 4.57 Å². The van der Waals surface area contributed by atoms with Crippen molar-refractivity contribution in [1.29, 1.82) is 0 Å². The van der Waals surface area contributed by atoms with Crippen LogP contribution in [0.2, 0.25) is 0 Å². The van der Waals surface area contributed by atoms with Gasteiger partial charge in [0, 0.05) is 63.1 Å². The average molecular weight is 1110 g/mol. The predicted molar refractivity (Wildman–Crippen MR) is 351 cm³/mol. The lowest BCUT2D eigenvalue weighted by Gasteiger charge is -2.30. The molecule has 0 saturated heterocycles. The summed E-state index contributed by atoms with van der Waals surface area (Å²) in [6.07, 6.45) is 1.65. The minimum Gasteiger partial charge on any atom is -0.457 e. The summed E-state index contributed by atoms with van der Waals surface area (Å²) < 4.78 is 150. The molecule has 10 aromatic carbocycles. The molecule has 0 atom stereocenters. The highest BCUT2D eigenvalue weighted by molar-refractivity contribution is 6.09. The molecule has 12 aromatic rings. The lowest BCUT2D eigenvalue weighted by atomic mass is 9.78. The van der Waals surface area contributed by atoms with E-state index in [1.807, 2.05) is 144 Å². The fourth-order valence-corrected chi connectivity index (χ4v) is 11.1. The van der Waals surface area contributed by atoms with E-state index >= 15 is 0 Å². The number of fused-ring (bicyclic) bond motifs is 4. The van der Waals surface area contributed by atoms with Gasteiger partial charge in [0.15, 0.2) is 0 Å². The maximum Gasteiger partial charge on any atom is 0.143 e. The monoisotopic (exact) mass is 1110 g/mol. The Morgan fingerprint density at radius 3 is 1.54 bits per heavy atom. The van der Waals surface area contributed by atoms with Crippen molar-refractivity contribution in [1.82, 2.24) is 9.55 Å². The third-order valence-electron chi connectivity index (χ3n) is 15.5. The Balaban J connectivity index is 0.913. The summed E-state index contributed by atoms with van der Waals surface area (Å²) in [6, 6.07) is 40.4. The fourth-order valence-electron chi connectivity index (χ4n) is 11.1. The molecule has 2 aromatic heterocycles. The van der Waals surface area contributed by atoms with Crippen molar-refractivity contribution in [3.8, 4) is 73.3 Å². The smallest absolute Gasteiger partial charge is 0.143 e. The number of ether oxygens (including phenoxy) is 2. The molecular weight excluding hydrogens is 1020 g/mol. The molecule has 0 saturated carbocycles. The van der Waals surface area contributed by atoms with Gasteiger partial charge in [-0.15, -0.1) is 0 Å². The molecule has 0 aliphatic carbocycles. The van der Waals surface area contributed by atoms with E-state index in [0.717, 1.165) is 38.5 Å². The quantitative estimate of drug-likeness (QED) is 0.129. The molecule has 84 heavy (non-hydrogen) atoms. The van der Waals surface area contributed by atoms with Gasteiger partial charge in [-0.05, 0) is 116 Å². The molecule has 3 heterocycles. The SMILES string of the molecule is [2H]c1c([2H])c([2H])c(-c2cccc(-c3cc(C(C)(C)C)cc(C(C)(C)C)c3)c2Oc2ccnc(-n3c4ccccc4c4ccc(Oc5cccc(N6CN(c7c(-c8c([2H])c([2H])c([2H])c([2H])c8[2H])cc(C(C)(C)C)cc7-c7c([2H])c([2H])c([2H])c([2H])c7[2H])c7ccccc76)c5)cc43)c2)c([2H])c1[2H]. The van der Waals surface area contributed by atoms with Crippen LogP contribution in [0.15, 0.2) is 248 Å². The number of nitrogens with zero attached hydrogens (tertiary/aromatic N) is 4. The zero-order valence-electron chi connectivity index (χ0n) is 63.3. The van der Waals surface area contributed by atoms with Crippen LogP contribution in [0.25, 0.3) is 72.1 Å². The first-order valence-corrected chi connectivity index (χ1v) is 28.0. The fraction of sp³-hybridized carbons (Fsp3) is 0.167. The van der Waals surface area contributed by atoms with Gasteiger partial charge in [0.2, 0.25) is 0 Å². The van der Waals surface area contributed by atoms with E-state index < -0.39 is 84.0 Å². The molecule has 0 amide bonds. The number of hydrogen-bond donors (Lipinski definition) is 0. The van der Waals surface area contributed by atoms with Gasteiger partial charge >= 0.3 is 0 Å². The van der Waals surface area contributed by atoms with E-state index in [1.165, 1.54) is 0 Å². The molecule has 6 heteroatoms. The molecule has 1 aliphatic heterocycles. The van der Waals surface area contributed by atoms with Gasteiger partial charge in [-0.2, -0.15) is 0 Å². The molecule has 1 aliphatic rings. The molecule has 0 radical (unpaired) electrons. The third-order valence-corrected chi connectivity index (χ3v) is 15.5. The molecule has 0 fully saturated rings. The van der Waals surface area contributed by atoms with Gasteiger partial charge in [0.1, 0.15) is 35.5 Å². The third kappa shape index (κ3) is 10.3. The van der Waals surface area contributed by atoms with Crippen LogP contribution in [-0.2, 0) is 16.2 Å². The Morgan fingerprint density at radius 1 is 0.405 bits per heavy atom. The van der Waals surface area contributed by atoms with E-state index in [2.05, 4.69) is 59.7 Å². The summed E-state index contributed by atoms with van der Waals surface area (Å²) in [7, 11) is 0. The van der Waals surface area contributed by atoms with Crippen LogP contribution >= 0.6 is 0 Å². The molecule has 414 valence electrons. The molecular formula is C78H70N4O2. The van der Waals surface area contributed by atoms with Crippen LogP contribution in [0, 0.1) is 0 Å².